The van der Waals surface area contributed by atoms with Crippen LogP contribution in [-0.4, -0.2) is 31.1 Å². The zero-order chi connectivity index (χ0) is 12.8. The average molecular weight is 287 g/mol. The standard InChI is InChI=1S/C14H23ClN2S/c1-2-7-17(9-12-3-5-16-6-4-12)10-14-8-13(15)11-18-14/h8,11-12,16H,2-7,9-10H2,1H3. The zero-order valence-electron chi connectivity index (χ0n) is 11.1. The Morgan fingerprint density at radius 1 is 1.44 bits per heavy atom. The summed E-state index contributed by atoms with van der Waals surface area (Å²) in [6, 6.07) is 2.11. The van der Waals surface area contributed by atoms with Crippen molar-refractivity contribution in [2.45, 2.75) is 32.7 Å². The fourth-order valence-electron chi connectivity index (χ4n) is 2.64. The van der Waals surface area contributed by atoms with E-state index in [0.29, 0.717) is 0 Å². The van der Waals surface area contributed by atoms with E-state index in [9.17, 15) is 0 Å². The molecule has 102 valence electrons. The van der Waals surface area contributed by atoms with Crippen LogP contribution in [0.4, 0.5) is 0 Å². The Morgan fingerprint density at radius 2 is 2.22 bits per heavy atom. The van der Waals surface area contributed by atoms with Crippen LogP contribution < -0.4 is 5.32 Å². The molecule has 0 spiro atoms. The fourth-order valence-corrected chi connectivity index (χ4v) is 3.75. The molecule has 1 aromatic heterocycles. The maximum atomic E-state index is 6.00. The van der Waals surface area contributed by atoms with E-state index in [1.54, 1.807) is 11.3 Å². The van der Waals surface area contributed by atoms with Gasteiger partial charge in [-0.1, -0.05) is 18.5 Å². The number of rotatable bonds is 6. The predicted molar refractivity (Wildman–Crippen MR) is 80.5 cm³/mol. The lowest BCUT2D eigenvalue weighted by molar-refractivity contribution is 0.200. The van der Waals surface area contributed by atoms with Gasteiger partial charge in [-0.2, -0.15) is 0 Å². The van der Waals surface area contributed by atoms with Gasteiger partial charge in [0, 0.05) is 23.3 Å². The molecule has 0 atom stereocenters. The van der Waals surface area contributed by atoms with Crippen LogP contribution in [0, 0.1) is 5.92 Å². The highest BCUT2D eigenvalue weighted by molar-refractivity contribution is 7.10. The Bertz CT molecular complexity index is 347. The second-order valence-electron chi connectivity index (χ2n) is 5.16. The third kappa shape index (κ3) is 4.54. The Hall–Kier alpha value is -0.0900. The quantitative estimate of drug-likeness (QED) is 0.859. The minimum atomic E-state index is 0.869. The molecule has 4 heteroatoms. The Morgan fingerprint density at radius 3 is 2.83 bits per heavy atom. The van der Waals surface area contributed by atoms with Gasteiger partial charge in [-0.05, 0) is 50.9 Å². The van der Waals surface area contributed by atoms with Gasteiger partial charge in [0.25, 0.3) is 0 Å². The van der Waals surface area contributed by atoms with Gasteiger partial charge in [0.15, 0.2) is 0 Å². The van der Waals surface area contributed by atoms with Gasteiger partial charge in [0.1, 0.15) is 0 Å². The zero-order valence-corrected chi connectivity index (χ0v) is 12.7. The molecular weight excluding hydrogens is 264 g/mol. The summed E-state index contributed by atoms with van der Waals surface area (Å²) in [4.78, 5) is 3.99. The number of nitrogens with zero attached hydrogens (tertiary/aromatic N) is 1. The molecule has 2 heterocycles. The number of thiophene rings is 1. The first-order valence-corrected chi connectivity index (χ1v) is 8.19. The number of halogens is 1. The molecule has 2 rings (SSSR count). The maximum absolute atomic E-state index is 6.00. The summed E-state index contributed by atoms with van der Waals surface area (Å²) in [6.07, 6.45) is 3.88. The van der Waals surface area contributed by atoms with Crippen molar-refractivity contribution in [2.24, 2.45) is 5.92 Å². The van der Waals surface area contributed by atoms with Gasteiger partial charge in [-0.15, -0.1) is 11.3 Å². The number of hydrogen-bond donors (Lipinski definition) is 1. The third-order valence-electron chi connectivity index (χ3n) is 3.52. The fraction of sp³-hybridized carbons (Fsp3) is 0.714. The number of hydrogen-bond acceptors (Lipinski definition) is 3. The maximum Gasteiger partial charge on any atom is 0.0516 e. The van der Waals surface area contributed by atoms with Crippen molar-refractivity contribution in [3.8, 4) is 0 Å². The molecule has 0 aromatic carbocycles. The van der Waals surface area contributed by atoms with Crippen LogP contribution in [0.15, 0.2) is 11.4 Å². The average Bonchev–Trinajstić information content (AvgIpc) is 2.76. The summed E-state index contributed by atoms with van der Waals surface area (Å²) in [5.41, 5.74) is 0. The number of nitrogens with one attached hydrogen (secondary N) is 1. The van der Waals surface area contributed by atoms with Crippen molar-refractivity contribution in [3.05, 3.63) is 21.3 Å². The summed E-state index contributed by atoms with van der Waals surface area (Å²) >= 11 is 7.78. The van der Waals surface area contributed by atoms with Gasteiger partial charge in [-0.25, -0.2) is 0 Å². The molecule has 0 amide bonds. The van der Waals surface area contributed by atoms with Crippen LogP contribution >= 0.6 is 22.9 Å². The Labute approximate surface area is 119 Å². The first kappa shape index (κ1) is 14.3. The van der Waals surface area contributed by atoms with Crippen LogP contribution in [0.25, 0.3) is 0 Å². The largest absolute Gasteiger partial charge is 0.317 e. The molecule has 0 saturated carbocycles. The summed E-state index contributed by atoms with van der Waals surface area (Å²) in [5.74, 6) is 0.869. The topological polar surface area (TPSA) is 15.3 Å². The van der Waals surface area contributed by atoms with E-state index in [-0.39, 0.29) is 0 Å². The summed E-state index contributed by atoms with van der Waals surface area (Å²) in [5, 5.41) is 6.36. The van der Waals surface area contributed by atoms with Crippen molar-refractivity contribution >= 4 is 22.9 Å². The van der Waals surface area contributed by atoms with E-state index in [4.69, 9.17) is 11.6 Å². The van der Waals surface area contributed by atoms with E-state index < -0.39 is 0 Å². The molecule has 2 nitrogen and oxygen atoms in total. The Kier molecular flexibility index (Phi) is 5.96. The lowest BCUT2D eigenvalue weighted by atomic mass is 9.97. The molecule has 0 radical (unpaired) electrons. The van der Waals surface area contributed by atoms with Crippen LogP contribution in [0.2, 0.25) is 5.02 Å². The van der Waals surface area contributed by atoms with Crippen molar-refractivity contribution in [1.82, 2.24) is 10.2 Å². The summed E-state index contributed by atoms with van der Waals surface area (Å²) < 4.78 is 0. The van der Waals surface area contributed by atoms with Gasteiger partial charge >= 0.3 is 0 Å². The van der Waals surface area contributed by atoms with Crippen molar-refractivity contribution in [3.63, 3.8) is 0 Å². The van der Waals surface area contributed by atoms with E-state index in [1.807, 2.05) is 5.38 Å². The third-order valence-corrected chi connectivity index (χ3v) is 4.79. The Balaban J connectivity index is 1.86. The first-order valence-electron chi connectivity index (χ1n) is 6.94. The highest BCUT2D eigenvalue weighted by Crippen LogP contribution is 2.22. The first-order chi connectivity index (χ1) is 8.78. The molecule has 18 heavy (non-hydrogen) atoms. The van der Waals surface area contributed by atoms with Gasteiger partial charge in [0.2, 0.25) is 0 Å². The van der Waals surface area contributed by atoms with E-state index in [2.05, 4.69) is 23.2 Å². The van der Waals surface area contributed by atoms with Crippen LogP contribution in [0.3, 0.4) is 0 Å². The monoisotopic (exact) mass is 286 g/mol. The van der Waals surface area contributed by atoms with E-state index in [1.165, 1.54) is 50.3 Å². The lowest BCUT2D eigenvalue weighted by Gasteiger charge is -2.29. The molecular formula is C14H23ClN2S. The van der Waals surface area contributed by atoms with Crippen LogP contribution in [0.1, 0.15) is 31.1 Å². The molecule has 1 aromatic rings. The van der Waals surface area contributed by atoms with E-state index >= 15 is 0 Å². The normalized spacial score (nSPS) is 17.5. The van der Waals surface area contributed by atoms with Gasteiger partial charge < -0.3 is 5.32 Å². The van der Waals surface area contributed by atoms with Gasteiger partial charge in [-0.3, -0.25) is 4.90 Å². The molecule has 1 N–H and O–H groups in total. The van der Waals surface area contributed by atoms with Crippen molar-refractivity contribution in [1.29, 1.82) is 0 Å². The summed E-state index contributed by atoms with van der Waals surface area (Å²) in [6.45, 7) is 8.14. The molecule has 1 fully saturated rings. The lowest BCUT2D eigenvalue weighted by Crippen LogP contribution is -2.36. The van der Waals surface area contributed by atoms with Crippen LogP contribution in [0.5, 0.6) is 0 Å². The molecule has 0 aliphatic carbocycles. The molecule has 1 aliphatic heterocycles. The SMILES string of the molecule is CCCN(Cc1cc(Cl)cs1)CC1CCNCC1. The van der Waals surface area contributed by atoms with Crippen molar-refractivity contribution in [2.75, 3.05) is 26.2 Å². The second-order valence-corrected chi connectivity index (χ2v) is 6.59. The molecule has 0 bridgehead atoms. The minimum absolute atomic E-state index is 0.869. The number of piperidine rings is 1. The minimum Gasteiger partial charge on any atom is -0.317 e. The molecule has 1 saturated heterocycles. The molecule has 1 aliphatic rings. The van der Waals surface area contributed by atoms with Gasteiger partial charge in [0.05, 0.1) is 5.02 Å². The highest BCUT2D eigenvalue weighted by Gasteiger charge is 2.17. The van der Waals surface area contributed by atoms with Crippen molar-refractivity contribution < 1.29 is 0 Å². The van der Waals surface area contributed by atoms with Crippen LogP contribution in [-0.2, 0) is 6.54 Å². The molecule has 0 unspecified atom stereocenters. The van der Waals surface area contributed by atoms with E-state index in [0.717, 1.165) is 17.5 Å². The summed E-state index contributed by atoms with van der Waals surface area (Å²) in [7, 11) is 0. The predicted octanol–water partition coefficient (Wildman–Crippen LogP) is 3.61. The highest BCUT2D eigenvalue weighted by atomic mass is 35.5. The second kappa shape index (κ2) is 7.49. The smallest absolute Gasteiger partial charge is 0.0516 e.